The molecule has 2 heterocycles. The van der Waals surface area contributed by atoms with Crippen LogP contribution in [-0.4, -0.2) is 22.9 Å². The van der Waals surface area contributed by atoms with Crippen molar-refractivity contribution >= 4 is 16.9 Å². The maximum atomic E-state index is 10.8. The molecule has 3 aromatic rings. The maximum absolute atomic E-state index is 10.8. The number of aryl methyl sites for hydroxylation is 2. The first kappa shape index (κ1) is 14.6. The van der Waals surface area contributed by atoms with E-state index in [-0.39, 0.29) is 6.42 Å². The van der Waals surface area contributed by atoms with Crippen LogP contribution < -0.4 is 9.47 Å². The Morgan fingerprint density at radius 1 is 1.04 bits per heavy atom. The molecule has 1 aliphatic rings. The lowest BCUT2D eigenvalue weighted by molar-refractivity contribution is -0.136. The molecule has 0 radical (unpaired) electrons. The van der Waals surface area contributed by atoms with E-state index in [1.807, 2.05) is 36.5 Å². The van der Waals surface area contributed by atoms with E-state index in [2.05, 4.69) is 11.1 Å². The van der Waals surface area contributed by atoms with E-state index in [1.54, 1.807) is 0 Å². The second-order valence-corrected chi connectivity index (χ2v) is 5.95. The molecule has 0 saturated carbocycles. The first-order valence-electron chi connectivity index (χ1n) is 7.88. The summed E-state index contributed by atoms with van der Waals surface area (Å²) in [5.41, 5.74) is 4.22. The fraction of sp³-hybridized carbons (Fsp3) is 0.211. The van der Waals surface area contributed by atoms with Crippen molar-refractivity contribution in [1.29, 1.82) is 0 Å². The zero-order valence-electron chi connectivity index (χ0n) is 13.0. The second kappa shape index (κ2) is 5.92. The number of H-pyrrole nitrogens is 1. The number of aromatic amines is 1. The molecule has 24 heavy (non-hydrogen) atoms. The highest BCUT2D eigenvalue weighted by Crippen LogP contribution is 2.33. The minimum absolute atomic E-state index is 0.0431. The van der Waals surface area contributed by atoms with Crippen LogP contribution in [0, 0.1) is 0 Å². The molecule has 0 saturated heterocycles. The SMILES string of the molecule is O=C(O)Cc1ccc2c(CCc3ccc4c(c3)OCO4)c[nH]c2c1. The summed E-state index contributed by atoms with van der Waals surface area (Å²) >= 11 is 0. The number of benzene rings is 2. The van der Waals surface area contributed by atoms with Crippen molar-refractivity contribution in [3.63, 3.8) is 0 Å². The van der Waals surface area contributed by atoms with Crippen LogP contribution in [-0.2, 0) is 24.1 Å². The number of aromatic nitrogens is 1. The van der Waals surface area contributed by atoms with Gasteiger partial charge in [-0.1, -0.05) is 18.2 Å². The van der Waals surface area contributed by atoms with E-state index < -0.39 is 5.97 Å². The molecule has 0 spiro atoms. The highest BCUT2D eigenvalue weighted by atomic mass is 16.7. The molecular formula is C19H17NO4. The molecule has 0 bridgehead atoms. The number of aliphatic carboxylic acids is 1. The summed E-state index contributed by atoms with van der Waals surface area (Å²) < 4.78 is 10.7. The minimum Gasteiger partial charge on any atom is -0.481 e. The number of carboxylic acids is 1. The second-order valence-electron chi connectivity index (χ2n) is 5.95. The summed E-state index contributed by atoms with van der Waals surface area (Å²) in [6, 6.07) is 11.8. The van der Waals surface area contributed by atoms with Gasteiger partial charge in [-0.05, 0) is 47.7 Å². The Morgan fingerprint density at radius 3 is 2.75 bits per heavy atom. The average Bonchev–Trinajstić information content (AvgIpc) is 3.18. The van der Waals surface area contributed by atoms with Crippen molar-refractivity contribution in [2.24, 2.45) is 0 Å². The molecule has 1 aliphatic heterocycles. The number of rotatable bonds is 5. The lowest BCUT2D eigenvalue weighted by Gasteiger charge is -2.03. The Balaban J connectivity index is 1.51. The summed E-state index contributed by atoms with van der Waals surface area (Å²) in [4.78, 5) is 14.1. The molecule has 0 aliphatic carbocycles. The zero-order valence-corrected chi connectivity index (χ0v) is 13.0. The average molecular weight is 323 g/mol. The molecule has 0 amide bonds. The summed E-state index contributed by atoms with van der Waals surface area (Å²) in [6.07, 6.45) is 3.85. The molecular weight excluding hydrogens is 306 g/mol. The van der Waals surface area contributed by atoms with E-state index in [0.717, 1.165) is 40.8 Å². The topological polar surface area (TPSA) is 71.6 Å². The van der Waals surface area contributed by atoms with Gasteiger partial charge in [-0.15, -0.1) is 0 Å². The lowest BCUT2D eigenvalue weighted by atomic mass is 10.0. The standard InChI is InChI=1S/C19H17NO4/c21-19(22)9-13-2-5-15-14(10-20-16(15)7-13)4-1-12-3-6-17-18(8-12)24-11-23-17/h2-3,5-8,10,20H,1,4,9,11H2,(H,21,22). The monoisotopic (exact) mass is 323 g/mol. The van der Waals surface area contributed by atoms with Gasteiger partial charge in [0.25, 0.3) is 0 Å². The molecule has 0 fully saturated rings. The molecule has 1 aromatic heterocycles. The van der Waals surface area contributed by atoms with E-state index in [9.17, 15) is 4.79 Å². The summed E-state index contributed by atoms with van der Waals surface area (Å²) in [6.45, 7) is 0.292. The molecule has 5 heteroatoms. The highest BCUT2D eigenvalue weighted by molar-refractivity contribution is 5.85. The molecule has 4 rings (SSSR count). The largest absolute Gasteiger partial charge is 0.481 e. The van der Waals surface area contributed by atoms with Gasteiger partial charge >= 0.3 is 5.97 Å². The third-order valence-corrected chi connectivity index (χ3v) is 4.31. The van der Waals surface area contributed by atoms with Crippen LogP contribution in [0.4, 0.5) is 0 Å². The summed E-state index contributed by atoms with van der Waals surface area (Å²) in [7, 11) is 0. The van der Waals surface area contributed by atoms with Crippen molar-refractivity contribution < 1.29 is 19.4 Å². The van der Waals surface area contributed by atoms with Crippen LogP contribution in [0.5, 0.6) is 11.5 Å². The number of hydrogen-bond donors (Lipinski definition) is 2. The fourth-order valence-electron chi connectivity index (χ4n) is 3.10. The van der Waals surface area contributed by atoms with Crippen LogP contribution in [0.15, 0.2) is 42.6 Å². The van der Waals surface area contributed by atoms with Crippen LogP contribution in [0.25, 0.3) is 10.9 Å². The van der Waals surface area contributed by atoms with Gasteiger partial charge in [0.15, 0.2) is 11.5 Å². The van der Waals surface area contributed by atoms with Crippen LogP contribution >= 0.6 is 0 Å². The van der Waals surface area contributed by atoms with Crippen LogP contribution in [0.2, 0.25) is 0 Å². The van der Waals surface area contributed by atoms with E-state index in [1.165, 1.54) is 11.1 Å². The van der Waals surface area contributed by atoms with E-state index in [0.29, 0.717) is 6.79 Å². The zero-order chi connectivity index (χ0) is 16.5. The number of nitrogens with one attached hydrogen (secondary N) is 1. The first-order chi connectivity index (χ1) is 11.7. The number of hydrogen-bond acceptors (Lipinski definition) is 3. The van der Waals surface area contributed by atoms with Crippen molar-refractivity contribution in [2.45, 2.75) is 19.3 Å². The maximum Gasteiger partial charge on any atom is 0.307 e. The van der Waals surface area contributed by atoms with Gasteiger partial charge in [0.1, 0.15) is 0 Å². The van der Waals surface area contributed by atoms with Crippen molar-refractivity contribution in [3.05, 3.63) is 59.3 Å². The quantitative estimate of drug-likeness (QED) is 0.755. The van der Waals surface area contributed by atoms with Gasteiger partial charge < -0.3 is 19.6 Å². The molecule has 2 aromatic carbocycles. The Hall–Kier alpha value is -2.95. The van der Waals surface area contributed by atoms with Crippen molar-refractivity contribution in [2.75, 3.05) is 6.79 Å². The summed E-state index contributed by atoms with van der Waals surface area (Å²) in [5, 5.41) is 10.0. The highest BCUT2D eigenvalue weighted by Gasteiger charge is 2.13. The fourth-order valence-corrected chi connectivity index (χ4v) is 3.10. The smallest absolute Gasteiger partial charge is 0.307 e. The van der Waals surface area contributed by atoms with E-state index in [4.69, 9.17) is 14.6 Å². The number of fused-ring (bicyclic) bond motifs is 2. The Labute approximate surface area is 138 Å². The van der Waals surface area contributed by atoms with Gasteiger partial charge in [-0.2, -0.15) is 0 Å². The number of ether oxygens (including phenoxy) is 2. The van der Waals surface area contributed by atoms with E-state index >= 15 is 0 Å². The Kier molecular flexibility index (Phi) is 3.61. The normalized spacial score (nSPS) is 12.7. The third kappa shape index (κ3) is 2.80. The van der Waals surface area contributed by atoms with Gasteiger partial charge in [0.2, 0.25) is 6.79 Å². The lowest BCUT2D eigenvalue weighted by Crippen LogP contribution is -1.99. The molecule has 2 N–H and O–H groups in total. The predicted molar refractivity (Wildman–Crippen MR) is 89.6 cm³/mol. The molecule has 5 nitrogen and oxygen atoms in total. The summed E-state index contributed by atoms with van der Waals surface area (Å²) in [5.74, 6) is 0.797. The van der Waals surface area contributed by atoms with Crippen LogP contribution in [0.1, 0.15) is 16.7 Å². The Morgan fingerprint density at radius 2 is 1.88 bits per heavy atom. The molecule has 122 valence electrons. The van der Waals surface area contributed by atoms with Gasteiger partial charge in [0.05, 0.1) is 6.42 Å². The van der Waals surface area contributed by atoms with Crippen molar-refractivity contribution in [1.82, 2.24) is 4.98 Å². The molecule has 0 unspecified atom stereocenters. The number of carboxylic acid groups (broad SMARTS) is 1. The van der Waals surface area contributed by atoms with Gasteiger partial charge in [-0.25, -0.2) is 0 Å². The first-order valence-corrected chi connectivity index (χ1v) is 7.88. The van der Waals surface area contributed by atoms with Crippen LogP contribution in [0.3, 0.4) is 0 Å². The Bertz CT molecular complexity index is 913. The van der Waals surface area contributed by atoms with Gasteiger partial charge in [0, 0.05) is 17.1 Å². The van der Waals surface area contributed by atoms with Gasteiger partial charge in [-0.3, -0.25) is 4.79 Å². The molecule has 0 atom stereocenters. The minimum atomic E-state index is -0.816. The predicted octanol–water partition coefficient (Wildman–Crippen LogP) is 3.31. The number of carbonyl (C=O) groups is 1. The third-order valence-electron chi connectivity index (χ3n) is 4.31. The van der Waals surface area contributed by atoms with Crippen molar-refractivity contribution in [3.8, 4) is 11.5 Å².